The van der Waals surface area contributed by atoms with Crippen molar-refractivity contribution in [1.29, 1.82) is 0 Å². The number of unbranched alkanes of at least 4 members (excludes halogenated alkanes) is 31. The molecular weight excluding hydrogens is 973 g/mol. The summed E-state index contributed by atoms with van der Waals surface area (Å²) in [6.45, 7) is 6.43. The molecule has 452 valence electrons. The number of rotatable bonds is 60. The van der Waals surface area contributed by atoms with Crippen molar-refractivity contribution in [1.82, 2.24) is 0 Å². The van der Waals surface area contributed by atoms with E-state index in [9.17, 15) is 14.4 Å². The van der Waals surface area contributed by atoms with Crippen molar-refractivity contribution in [2.24, 2.45) is 0 Å². The van der Waals surface area contributed by atoms with E-state index in [4.69, 9.17) is 14.2 Å². The molecule has 0 spiro atoms. The highest BCUT2D eigenvalue weighted by atomic mass is 16.6. The summed E-state index contributed by atoms with van der Waals surface area (Å²) >= 11 is 0. The summed E-state index contributed by atoms with van der Waals surface area (Å²) in [5.74, 6) is -0.875. The highest BCUT2D eigenvalue weighted by molar-refractivity contribution is 5.71. The van der Waals surface area contributed by atoms with Gasteiger partial charge in [-0.2, -0.15) is 0 Å². The third-order valence-corrected chi connectivity index (χ3v) is 14.3. The molecule has 0 aliphatic heterocycles. The van der Waals surface area contributed by atoms with Gasteiger partial charge in [0.25, 0.3) is 0 Å². The van der Waals surface area contributed by atoms with Crippen molar-refractivity contribution in [3.63, 3.8) is 0 Å². The first-order chi connectivity index (χ1) is 39.0. The van der Waals surface area contributed by atoms with Crippen LogP contribution in [0.25, 0.3) is 0 Å². The van der Waals surface area contributed by atoms with Crippen molar-refractivity contribution in [2.45, 2.75) is 322 Å². The fourth-order valence-corrected chi connectivity index (χ4v) is 9.35. The van der Waals surface area contributed by atoms with E-state index >= 15 is 0 Å². The van der Waals surface area contributed by atoms with Crippen molar-refractivity contribution < 1.29 is 28.6 Å². The minimum Gasteiger partial charge on any atom is -0.462 e. The van der Waals surface area contributed by atoms with Gasteiger partial charge in [0.2, 0.25) is 0 Å². The highest BCUT2D eigenvalue weighted by Crippen LogP contribution is 2.17. The first kappa shape index (κ1) is 75.1. The Morgan fingerprint density at radius 2 is 0.494 bits per heavy atom. The Balaban J connectivity index is 4.27. The Labute approximate surface area is 489 Å². The lowest BCUT2D eigenvalue weighted by atomic mass is 10.0. The van der Waals surface area contributed by atoms with Crippen molar-refractivity contribution in [3.05, 3.63) is 109 Å². The monoisotopic (exact) mass is 1100 g/mol. The number of carbonyl (C=O) groups is 3. The van der Waals surface area contributed by atoms with E-state index in [0.29, 0.717) is 19.3 Å². The third-order valence-electron chi connectivity index (χ3n) is 14.3. The van der Waals surface area contributed by atoms with Crippen LogP contribution in [0.4, 0.5) is 0 Å². The van der Waals surface area contributed by atoms with Gasteiger partial charge in [-0.25, -0.2) is 0 Å². The quantitative estimate of drug-likeness (QED) is 0.0261. The van der Waals surface area contributed by atoms with Crippen LogP contribution >= 0.6 is 0 Å². The summed E-state index contributed by atoms with van der Waals surface area (Å²) in [6.07, 6.45) is 91.0. The molecule has 0 aliphatic carbocycles. The molecule has 0 N–H and O–H groups in total. The van der Waals surface area contributed by atoms with E-state index in [1.807, 2.05) is 0 Å². The zero-order chi connectivity index (χ0) is 57.1. The predicted octanol–water partition coefficient (Wildman–Crippen LogP) is 23.0. The summed E-state index contributed by atoms with van der Waals surface area (Å²) in [7, 11) is 0. The summed E-state index contributed by atoms with van der Waals surface area (Å²) in [5, 5.41) is 0. The maximum absolute atomic E-state index is 12.9. The van der Waals surface area contributed by atoms with Crippen LogP contribution in [0.15, 0.2) is 109 Å². The van der Waals surface area contributed by atoms with Crippen LogP contribution in [-0.2, 0) is 28.6 Å². The van der Waals surface area contributed by atoms with E-state index in [-0.39, 0.29) is 31.1 Å². The van der Waals surface area contributed by atoms with E-state index < -0.39 is 6.10 Å². The average Bonchev–Trinajstić information content (AvgIpc) is 3.45. The normalized spacial score (nSPS) is 12.8. The molecule has 0 saturated heterocycles. The van der Waals surface area contributed by atoms with E-state index in [1.54, 1.807) is 0 Å². The van der Waals surface area contributed by atoms with Gasteiger partial charge in [0.15, 0.2) is 6.10 Å². The summed E-state index contributed by atoms with van der Waals surface area (Å²) in [6, 6.07) is 0. The Hall–Kier alpha value is -3.93. The third kappa shape index (κ3) is 64.8. The van der Waals surface area contributed by atoms with Crippen LogP contribution in [-0.4, -0.2) is 37.2 Å². The van der Waals surface area contributed by atoms with E-state index in [0.717, 1.165) is 116 Å². The van der Waals surface area contributed by atoms with E-state index in [2.05, 4.69) is 130 Å². The number of carbonyl (C=O) groups excluding carboxylic acids is 3. The number of hydrogen-bond donors (Lipinski definition) is 0. The van der Waals surface area contributed by atoms with Gasteiger partial charge in [0, 0.05) is 19.3 Å². The van der Waals surface area contributed by atoms with Crippen molar-refractivity contribution in [2.75, 3.05) is 13.2 Å². The maximum atomic E-state index is 12.9. The molecule has 0 amide bonds. The largest absolute Gasteiger partial charge is 0.462 e. The summed E-state index contributed by atoms with van der Waals surface area (Å²) in [5.41, 5.74) is 0. The molecule has 6 nitrogen and oxygen atoms in total. The summed E-state index contributed by atoms with van der Waals surface area (Å²) in [4.78, 5) is 38.3. The molecule has 0 saturated carbocycles. The molecule has 0 bridgehead atoms. The number of allylic oxidation sites excluding steroid dienone is 18. The molecule has 0 rings (SSSR count). The molecular formula is C73H124O6. The Bertz CT molecular complexity index is 1590. The molecule has 0 aromatic heterocycles. The number of ether oxygens (including phenoxy) is 3. The second kappa shape index (κ2) is 66.6. The van der Waals surface area contributed by atoms with Crippen LogP contribution in [0, 0.1) is 0 Å². The predicted molar refractivity (Wildman–Crippen MR) is 343 cm³/mol. The van der Waals surface area contributed by atoms with Crippen LogP contribution in [0.3, 0.4) is 0 Å². The van der Waals surface area contributed by atoms with Gasteiger partial charge in [0.05, 0.1) is 0 Å². The van der Waals surface area contributed by atoms with Gasteiger partial charge >= 0.3 is 17.9 Å². The lowest BCUT2D eigenvalue weighted by Crippen LogP contribution is -2.30. The second-order valence-electron chi connectivity index (χ2n) is 22.0. The Morgan fingerprint density at radius 3 is 0.772 bits per heavy atom. The molecule has 0 fully saturated rings. The Kier molecular flexibility index (Phi) is 63.3. The van der Waals surface area contributed by atoms with Crippen molar-refractivity contribution >= 4 is 17.9 Å². The smallest absolute Gasteiger partial charge is 0.306 e. The van der Waals surface area contributed by atoms with E-state index in [1.165, 1.54) is 161 Å². The summed E-state index contributed by atoms with van der Waals surface area (Å²) < 4.78 is 16.9. The van der Waals surface area contributed by atoms with Crippen LogP contribution in [0.5, 0.6) is 0 Å². The first-order valence-corrected chi connectivity index (χ1v) is 33.4. The lowest BCUT2D eigenvalue weighted by Gasteiger charge is -2.18. The van der Waals surface area contributed by atoms with Gasteiger partial charge in [-0.3, -0.25) is 14.4 Å². The Morgan fingerprint density at radius 1 is 0.266 bits per heavy atom. The molecule has 0 aromatic rings. The molecule has 6 heteroatoms. The fourth-order valence-electron chi connectivity index (χ4n) is 9.35. The van der Waals surface area contributed by atoms with Crippen molar-refractivity contribution in [3.8, 4) is 0 Å². The minimum absolute atomic E-state index is 0.0780. The van der Waals surface area contributed by atoms with Gasteiger partial charge in [-0.1, -0.05) is 304 Å². The zero-order valence-corrected chi connectivity index (χ0v) is 51.9. The number of hydrogen-bond acceptors (Lipinski definition) is 6. The van der Waals surface area contributed by atoms with Gasteiger partial charge < -0.3 is 14.2 Å². The molecule has 0 aliphatic rings. The maximum Gasteiger partial charge on any atom is 0.306 e. The van der Waals surface area contributed by atoms with Gasteiger partial charge in [-0.15, -0.1) is 0 Å². The molecule has 79 heavy (non-hydrogen) atoms. The second-order valence-corrected chi connectivity index (χ2v) is 22.0. The first-order valence-electron chi connectivity index (χ1n) is 33.4. The SMILES string of the molecule is CC/C=C\C/C=C\C/C=C\C/C=C\C/C=C\CCCCCCCCCCCCCC(=O)OCC(COC(=O)CCCCCCCCCCCCC)OC(=O)CCCCCCCCCCCC/C=C\C/C=C\C/C=C\C/C=C\CC. The van der Waals surface area contributed by atoms with Crippen LogP contribution in [0.1, 0.15) is 316 Å². The lowest BCUT2D eigenvalue weighted by molar-refractivity contribution is -0.167. The van der Waals surface area contributed by atoms with Gasteiger partial charge in [0.1, 0.15) is 13.2 Å². The van der Waals surface area contributed by atoms with Crippen LogP contribution < -0.4 is 0 Å². The zero-order valence-electron chi connectivity index (χ0n) is 51.9. The minimum atomic E-state index is -0.782. The van der Waals surface area contributed by atoms with Gasteiger partial charge in [-0.05, 0) is 103 Å². The molecule has 0 aromatic carbocycles. The standard InChI is InChI=1S/C73H124O6/c1-4-7-10-13-16-19-22-24-26-28-30-32-34-35-36-37-39-40-42-44-46-48-51-54-57-60-63-66-72(75)78-69-70(68-77-71(74)65-62-59-56-53-50-21-18-15-12-9-6-3)79-73(76)67-64-61-58-55-52-49-47-45-43-41-38-33-31-29-27-25-23-20-17-14-11-8-5-2/h7-8,10-11,16-17,19-20,24-27,30-33,35-36,70H,4-6,9,12-15,18,21-23,28-29,34,37-69H2,1-3H3/b10-7-,11-8-,19-16-,20-17-,26-24-,27-25-,32-30-,33-31-,36-35-. The molecule has 1 atom stereocenters. The highest BCUT2D eigenvalue weighted by Gasteiger charge is 2.19. The number of esters is 3. The molecule has 0 radical (unpaired) electrons. The van der Waals surface area contributed by atoms with Crippen LogP contribution in [0.2, 0.25) is 0 Å². The molecule has 1 unspecified atom stereocenters. The topological polar surface area (TPSA) is 78.9 Å². The fraction of sp³-hybridized carbons (Fsp3) is 0.712. The average molecular weight is 1100 g/mol. The molecule has 0 heterocycles.